The van der Waals surface area contributed by atoms with Crippen LogP contribution >= 0.6 is 22.7 Å². The number of anilines is 1. The Balaban J connectivity index is 1.56. The summed E-state index contributed by atoms with van der Waals surface area (Å²) in [7, 11) is -3.56. The molecule has 1 fully saturated rings. The number of hydrogen-bond acceptors (Lipinski definition) is 6. The SMILES string of the molecule is Cc1ccc(S(=O)(=O)N2CCCCC2)cc1NC(=O)c1csc(-c2ccsc2)n1. The molecule has 0 saturated carbocycles. The molecule has 1 aromatic carbocycles. The number of nitrogens with zero attached hydrogens (tertiary/aromatic N) is 2. The zero-order valence-electron chi connectivity index (χ0n) is 15.9. The summed E-state index contributed by atoms with van der Waals surface area (Å²) in [5.74, 6) is -0.349. The Morgan fingerprint density at radius 2 is 1.93 bits per heavy atom. The summed E-state index contributed by atoms with van der Waals surface area (Å²) in [6.07, 6.45) is 2.82. The van der Waals surface area contributed by atoms with Crippen LogP contribution in [0, 0.1) is 6.92 Å². The zero-order valence-corrected chi connectivity index (χ0v) is 18.4. The van der Waals surface area contributed by atoms with E-state index in [1.807, 2.05) is 23.8 Å². The fourth-order valence-electron chi connectivity index (χ4n) is 3.23. The van der Waals surface area contributed by atoms with Crippen molar-refractivity contribution in [3.63, 3.8) is 0 Å². The third-order valence-electron chi connectivity index (χ3n) is 4.91. The molecule has 1 amide bonds. The molecule has 6 nitrogen and oxygen atoms in total. The summed E-state index contributed by atoms with van der Waals surface area (Å²) in [5.41, 5.74) is 2.59. The van der Waals surface area contributed by atoms with E-state index < -0.39 is 10.0 Å². The number of sulfonamides is 1. The Bertz CT molecular complexity index is 1120. The van der Waals surface area contributed by atoms with Crippen molar-refractivity contribution in [3.8, 4) is 10.6 Å². The van der Waals surface area contributed by atoms with Crippen LogP contribution in [0.5, 0.6) is 0 Å². The maximum atomic E-state index is 12.9. The van der Waals surface area contributed by atoms with Crippen molar-refractivity contribution in [1.29, 1.82) is 0 Å². The van der Waals surface area contributed by atoms with Crippen LogP contribution < -0.4 is 5.32 Å². The van der Waals surface area contributed by atoms with E-state index in [1.54, 1.807) is 34.9 Å². The van der Waals surface area contributed by atoms with Gasteiger partial charge in [-0.3, -0.25) is 4.79 Å². The Morgan fingerprint density at radius 3 is 2.66 bits per heavy atom. The van der Waals surface area contributed by atoms with E-state index in [2.05, 4.69) is 10.3 Å². The zero-order chi connectivity index (χ0) is 20.4. The lowest BCUT2D eigenvalue weighted by atomic mass is 10.2. The second-order valence-corrected chi connectivity index (χ2v) is 10.5. The van der Waals surface area contributed by atoms with Gasteiger partial charge in [0.2, 0.25) is 10.0 Å². The van der Waals surface area contributed by atoms with Crippen LogP contribution in [-0.4, -0.2) is 36.7 Å². The fourth-order valence-corrected chi connectivity index (χ4v) is 6.29. The van der Waals surface area contributed by atoms with Gasteiger partial charge in [0.05, 0.1) is 4.90 Å². The second-order valence-electron chi connectivity index (χ2n) is 6.95. The molecule has 3 heterocycles. The number of hydrogen-bond donors (Lipinski definition) is 1. The van der Waals surface area contributed by atoms with Crippen molar-refractivity contribution in [2.75, 3.05) is 18.4 Å². The highest BCUT2D eigenvalue weighted by Crippen LogP contribution is 2.28. The highest BCUT2D eigenvalue weighted by atomic mass is 32.2. The lowest BCUT2D eigenvalue weighted by Crippen LogP contribution is -2.35. The fraction of sp³-hybridized carbons (Fsp3) is 0.300. The molecule has 2 aromatic heterocycles. The van der Waals surface area contributed by atoms with Crippen LogP contribution in [0.2, 0.25) is 0 Å². The van der Waals surface area contributed by atoms with Crippen LogP contribution in [0.1, 0.15) is 35.3 Å². The van der Waals surface area contributed by atoms with Gasteiger partial charge < -0.3 is 5.32 Å². The first-order chi connectivity index (χ1) is 13.9. The monoisotopic (exact) mass is 447 g/mol. The number of thiophene rings is 1. The van der Waals surface area contributed by atoms with Crippen LogP contribution in [-0.2, 0) is 10.0 Å². The van der Waals surface area contributed by atoms with Crippen LogP contribution in [0.15, 0.2) is 45.3 Å². The van der Waals surface area contributed by atoms with Gasteiger partial charge in [0.25, 0.3) is 5.91 Å². The molecule has 0 spiro atoms. The molecule has 1 aliphatic rings. The van der Waals surface area contributed by atoms with Crippen molar-refractivity contribution in [2.45, 2.75) is 31.1 Å². The van der Waals surface area contributed by atoms with E-state index in [4.69, 9.17) is 0 Å². The number of thiazole rings is 1. The van der Waals surface area contributed by atoms with E-state index in [9.17, 15) is 13.2 Å². The number of benzene rings is 1. The van der Waals surface area contributed by atoms with E-state index in [1.165, 1.54) is 15.6 Å². The average molecular weight is 448 g/mol. The summed E-state index contributed by atoms with van der Waals surface area (Å²) in [5, 5.41) is 9.28. The van der Waals surface area contributed by atoms with Gasteiger partial charge in [0, 0.05) is 35.1 Å². The van der Waals surface area contributed by atoms with Gasteiger partial charge in [-0.15, -0.1) is 11.3 Å². The van der Waals surface area contributed by atoms with Crippen molar-refractivity contribution < 1.29 is 13.2 Å². The quantitative estimate of drug-likeness (QED) is 0.620. The predicted octanol–water partition coefficient (Wildman–Crippen LogP) is 4.61. The molecule has 9 heteroatoms. The van der Waals surface area contributed by atoms with Crippen molar-refractivity contribution in [2.24, 2.45) is 0 Å². The number of nitrogens with one attached hydrogen (secondary N) is 1. The summed E-state index contributed by atoms with van der Waals surface area (Å²) in [6, 6.07) is 6.84. The number of carbonyl (C=O) groups excluding carboxylic acids is 1. The number of aryl methyl sites for hydroxylation is 1. The Hall–Kier alpha value is -2.07. The average Bonchev–Trinajstić information content (AvgIpc) is 3.42. The summed E-state index contributed by atoms with van der Waals surface area (Å²) < 4.78 is 27.4. The minimum absolute atomic E-state index is 0.206. The first-order valence-electron chi connectivity index (χ1n) is 9.35. The highest BCUT2D eigenvalue weighted by Gasteiger charge is 2.26. The molecule has 0 unspecified atom stereocenters. The Labute approximate surface area is 178 Å². The van der Waals surface area contributed by atoms with Gasteiger partial charge in [-0.2, -0.15) is 15.6 Å². The molecule has 0 aliphatic carbocycles. The van der Waals surface area contributed by atoms with E-state index in [0.717, 1.165) is 35.4 Å². The molecule has 29 heavy (non-hydrogen) atoms. The molecular formula is C20H21N3O3S3. The first kappa shape index (κ1) is 20.2. The van der Waals surface area contributed by atoms with E-state index >= 15 is 0 Å². The van der Waals surface area contributed by atoms with Crippen molar-refractivity contribution >= 4 is 44.3 Å². The third-order valence-corrected chi connectivity index (χ3v) is 8.38. The van der Waals surface area contributed by atoms with E-state index in [0.29, 0.717) is 24.5 Å². The number of aromatic nitrogens is 1. The largest absolute Gasteiger partial charge is 0.320 e. The molecule has 0 atom stereocenters. The lowest BCUT2D eigenvalue weighted by Gasteiger charge is -2.26. The molecule has 152 valence electrons. The molecule has 3 aromatic rings. The van der Waals surface area contributed by atoms with Gasteiger partial charge in [-0.1, -0.05) is 12.5 Å². The number of rotatable bonds is 5. The van der Waals surface area contributed by atoms with Gasteiger partial charge in [-0.25, -0.2) is 13.4 Å². The topological polar surface area (TPSA) is 79.4 Å². The van der Waals surface area contributed by atoms with Gasteiger partial charge in [0.1, 0.15) is 10.7 Å². The summed E-state index contributed by atoms with van der Waals surface area (Å²) in [4.78, 5) is 17.3. The molecule has 0 bridgehead atoms. The molecule has 1 saturated heterocycles. The van der Waals surface area contributed by atoms with Crippen molar-refractivity contribution in [3.05, 3.63) is 51.7 Å². The van der Waals surface area contributed by atoms with Crippen molar-refractivity contribution in [1.82, 2.24) is 9.29 Å². The third kappa shape index (κ3) is 4.28. The highest BCUT2D eigenvalue weighted by molar-refractivity contribution is 7.89. The van der Waals surface area contributed by atoms with Crippen LogP contribution in [0.25, 0.3) is 10.6 Å². The second kappa shape index (κ2) is 8.35. The Morgan fingerprint density at radius 1 is 1.14 bits per heavy atom. The van der Waals surface area contributed by atoms with Gasteiger partial charge >= 0.3 is 0 Å². The number of amides is 1. The van der Waals surface area contributed by atoms with E-state index in [-0.39, 0.29) is 10.8 Å². The maximum Gasteiger partial charge on any atom is 0.275 e. The minimum Gasteiger partial charge on any atom is -0.320 e. The normalized spacial score (nSPS) is 15.3. The Kier molecular flexibility index (Phi) is 5.82. The smallest absolute Gasteiger partial charge is 0.275 e. The molecular weight excluding hydrogens is 426 g/mol. The standard InChI is InChI=1S/C20H21N3O3S3/c1-14-5-6-16(29(25,26)23-8-3-2-4-9-23)11-17(14)21-19(24)18-13-28-20(22-18)15-7-10-27-12-15/h5-7,10-13H,2-4,8-9H2,1H3,(H,21,24). The molecule has 0 radical (unpaired) electrons. The first-order valence-corrected chi connectivity index (χ1v) is 12.6. The summed E-state index contributed by atoms with van der Waals surface area (Å²) in [6.45, 7) is 2.93. The predicted molar refractivity (Wildman–Crippen MR) is 117 cm³/mol. The minimum atomic E-state index is -3.56. The molecule has 4 rings (SSSR count). The number of piperidine rings is 1. The number of carbonyl (C=O) groups is 1. The molecule has 1 aliphatic heterocycles. The van der Waals surface area contributed by atoms with Gasteiger partial charge in [-0.05, 0) is 48.9 Å². The molecule has 1 N–H and O–H groups in total. The van der Waals surface area contributed by atoms with Gasteiger partial charge in [0.15, 0.2) is 0 Å². The maximum absolute atomic E-state index is 12.9. The van der Waals surface area contributed by atoms with Crippen LogP contribution in [0.4, 0.5) is 5.69 Å². The lowest BCUT2D eigenvalue weighted by molar-refractivity contribution is 0.102. The van der Waals surface area contributed by atoms with Crippen LogP contribution in [0.3, 0.4) is 0 Å². The summed E-state index contributed by atoms with van der Waals surface area (Å²) >= 11 is 2.99.